The van der Waals surface area contributed by atoms with Crippen LogP contribution in [0, 0.1) is 6.92 Å². The van der Waals surface area contributed by atoms with E-state index in [-0.39, 0.29) is 42.1 Å². The van der Waals surface area contributed by atoms with E-state index in [1.807, 2.05) is 31.2 Å². The van der Waals surface area contributed by atoms with E-state index in [1.54, 1.807) is 0 Å². The van der Waals surface area contributed by atoms with Crippen LogP contribution in [0.3, 0.4) is 0 Å². The summed E-state index contributed by atoms with van der Waals surface area (Å²) in [4.78, 5) is 0. The maximum absolute atomic E-state index is 5.08. The Morgan fingerprint density at radius 3 is 1.91 bits per heavy atom. The Bertz CT molecular complexity index is 188. The molecule has 0 spiro atoms. The minimum atomic E-state index is 0. The summed E-state index contributed by atoms with van der Waals surface area (Å²) < 4.78 is 4.44. The Kier molecular flexibility index (Phi) is 9.49. The predicted molar refractivity (Wildman–Crippen MR) is 37.7 cm³/mol. The number of hydrogen-bond donors (Lipinski definition) is 0. The molecule has 0 N–H and O–H groups in total. The van der Waals surface area contributed by atoms with Crippen molar-refractivity contribution in [2.24, 2.45) is 0 Å². The molecule has 0 heterocycles. The molecule has 0 bridgehead atoms. The SMILES string of the molecule is Cc1ccc(OCl)cc1.[W].[W]. The molecule has 0 radical (unpaired) electrons. The Morgan fingerprint density at radius 2 is 1.55 bits per heavy atom. The molecule has 0 aliphatic heterocycles. The number of rotatable bonds is 1. The topological polar surface area (TPSA) is 9.23 Å². The van der Waals surface area contributed by atoms with Crippen LogP contribution in [0.4, 0.5) is 0 Å². The van der Waals surface area contributed by atoms with Crippen LogP contribution >= 0.6 is 11.9 Å². The van der Waals surface area contributed by atoms with Gasteiger partial charge in [-0.05, 0) is 19.1 Å². The number of hydrogen-bond acceptors (Lipinski definition) is 1. The largest absolute Gasteiger partial charge is 0.386 e. The molecule has 0 saturated heterocycles. The Hall–Kier alpha value is 0.687. The average Bonchev–Trinajstić information content (AvgIpc) is 1.90. The molecule has 0 fully saturated rings. The van der Waals surface area contributed by atoms with Crippen LogP contribution in [0.1, 0.15) is 5.56 Å². The van der Waals surface area contributed by atoms with Crippen molar-refractivity contribution in [1.29, 1.82) is 0 Å². The van der Waals surface area contributed by atoms with Gasteiger partial charge in [0.15, 0.2) is 0 Å². The van der Waals surface area contributed by atoms with Crippen LogP contribution in [0.2, 0.25) is 0 Å². The van der Waals surface area contributed by atoms with Gasteiger partial charge in [0.2, 0.25) is 0 Å². The fourth-order valence-electron chi connectivity index (χ4n) is 0.590. The van der Waals surface area contributed by atoms with Crippen molar-refractivity contribution in [1.82, 2.24) is 0 Å². The summed E-state index contributed by atoms with van der Waals surface area (Å²) in [6.45, 7) is 2.01. The molecule has 0 atom stereocenters. The molecule has 0 unspecified atom stereocenters. The molecule has 0 amide bonds. The van der Waals surface area contributed by atoms with E-state index in [4.69, 9.17) is 11.9 Å². The van der Waals surface area contributed by atoms with Gasteiger partial charge >= 0.3 is 0 Å². The average molecular weight is 510 g/mol. The first-order valence-electron chi connectivity index (χ1n) is 2.68. The summed E-state index contributed by atoms with van der Waals surface area (Å²) in [6.07, 6.45) is 0. The molecule has 60 valence electrons. The van der Waals surface area contributed by atoms with Crippen LogP contribution < -0.4 is 4.29 Å². The third-order valence-corrected chi connectivity index (χ3v) is 1.29. The molecular formula is C7H7ClOW2. The second kappa shape index (κ2) is 7.34. The van der Waals surface area contributed by atoms with Crippen LogP contribution in [0.25, 0.3) is 0 Å². The summed E-state index contributed by atoms with van der Waals surface area (Å²) in [5.41, 5.74) is 1.20. The van der Waals surface area contributed by atoms with Gasteiger partial charge in [-0.25, -0.2) is 0 Å². The van der Waals surface area contributed by atoms with Gasteiger partial charge in [-0.1, -0.05) is 17.7 Å². The zero-order valence-corrected chi connectivity index (χ0v) is 12.5. The molecule has 0 aromatic heterocycles. The van der Waals surface area contributed by atoms with E-state index < -0.39 is 0 Å². The standard InChI is InChI=1S/C7H7ClO.2W/c1-6-2-4-7(9-8)5-3-6;;/h2-5H,1H3;;. The van der Waals surface area contributed by atoms with Crippen LogP contribution in [0.15, 0.2) is 24.3 Å². The Balaban J connectivity index is 0. The molecule has 0 aliphatic carbocycles. The van der Waals surface area contributed by atoms with Crippen molar-refractivity contribution in [3.05, 3.63) is 29.8 Å². The minimum absolute atomic E-state index is 0. The molecule has 11 heavy (non-hydrogen) atoms. The third-order valence-electron chi connectivity index (χ3n) is 1.11. The molecule has 1 aromatic carbocycles. The summed E-state index contributed by atoms with van der Waals surface area (Å²) in [7, 11) is 0. The van der Waals surface area contributed by atoms with Crippen molar-refractivity contribution in [2.45, 2.75) is 6.92 Å². The van der Waals surface area contributed by atoms with Gasteiger partial charge in [0.05, 0.1) is 0 Å². The summed E-state index contributed by atoms with van der Waals surface area (Å²) >= 11 is 5.08. The van der Waals surface area contributed by atoms with Crippen molar-refractivity contribution >= 4 is 11.9 Å². The number of aryl methyl sites for hydroxylation is 1. The van der Waals surface area contributed by atoms with E-state index >= 15 is 0 Å². The van der Waals surface area contributed by atoms with Gasteiger partial charge in [0.25, 0.3) is 0 Å². The first-order valence-corrected chi connectivity index (χ1v) is 2.99. The molecule has 1 nitrogen and oxygen atoms in total. The van der Waals surface area contributed by atoms with Crippen LogP contribution in [0.5, 0.6) is 5.75 Å². The minimum Gasteiger partial charge on any atom is -0.386 e. The quantitative estimate of drug-likeness (QED) is 0.565. The zero-order valence-electron chi connectivity index (χ0n) is 5.91. The van der Waals surface area contributed by atoms with E-state index in [0.29, 0.717) is 5.75 Å². The van der Waals surface area contributed by atoms with Crippen LogP contribution in [-0.4, -0.2) is 0 Å². The van der Waals surface area contributed by atoms with Crippen molar-refractivity contribution in [3.63, 3.8) is 0 Å². The summed E-state index contributed by atoms with van der Waals surface area (Å²) in [5.74, 6) is 0.683. The second-order valence-corrected chi connectivity index (χ2v) is 2.04. The first kappa shape index (κ1) is 14.2. The molecule has 0 saturated carbocycles. The third kappa shape index (κ3) is 5.01. The smallest absolute Gasteiger partial charge is 0.146 e. The van der Waals surface area contributed by atoms with Crippen molar-refractivity contribution < 1.29 is 46.4 Å². The van der Waals surface area contributed by atoms with Crippen LogP contribution in [-0.2, 0) is 42.1 Å². The van der Waals surface area contributed by atoms with E-state index in [0.717, 1.165) is 0 Å². The van der Waals surface area contributed by atoms with Gasteiger partial charge in [-0.2, -0.15) is 0 Å². The normalized spacial score (nSPS) is 7.45. The maximum atomic E-state index is 5.08. The van der Waals surface area contributed by atoms with Gasteiger partial charge in [0.1, 0.15) is 17.6 Å². The van der Waals surface area contributed by atoms with E-state index in [1.165, 1.54) is 5.56 Å². The van der Waals surface area contributed by atoms with Gasteiger partial charge in [-0.15, -0.1) is 0 Å². The molecule has 0 aliphatic rings. The Labute approximate surface area is 100 Å². The fraction of sp³-hybridized carbons (Fsp3) is 0.143. The monoisotopic (exact) mass is 510 g/mol. The predicted octanol–water partition coefficient (Wildman–Crippen LogP) is 2.52. The molecular weight excluding hydrogens is 503 g/mol. The van der Waals surface area contributed by atoms with Gasteiger partial charge < -0.3 is 4.29 Å². The Morgan fingerprint density at radius 1 is 1.09 bits per heavy atom. The number of halogens is 1. The summed E-state index contributed by atoms with van der Waals surface area (Å²) in [5, 5.41) is 0. The van der Waals surface area contributed by atoms with E-state index in [2.05, 4.69) is 4.29 Å². The van der Waals surface area contributed by atoms with E-state index in [9.17, 15) is 0 Å². The maximum Gasteiger partial charge on any atom is 0.146 e. The first-order chi connectivity index (χ1) is 4.33. The fourth-order valence-corrected chi connectivity index (χ4v) is 0.693. The van der Waals surface area contributed by atoms with Crippen molar-refractivity contribution in [3.8, 4) is 5.75 Å². The zero-order chi connectivity index (χ0) is 6.69. The number of benzene rings is 1. The second-order valence-electron chi connectivity index (χ2n) is 1.89. The van der Waals surface area contributed by atoms with Gasteiger partial charge in [0, 0.05) is 42.1 Å². The van der Waals surface area contributed by atoms with Crippen molar-refractivity contribution in [2.75, 3.05) is 0 Å². The van der Waals surface area contributed by atoms with Gasteiger partial charge in [-0.3, -0.25) is 0 Å². The molecule has 1 rings (SSSR count). The molecule has 1 aromatic rings. The molecule has 4 heteroatoms. The summed E-state index contributed by atoms with van der Waals surface area (Å²) in [6, 6.07) is 7.53.